The van der Waals surface area contributed by atoms with Crippen molar-refractivity contribution in [3.05, 3.63) is 12.7 Å². The van der Waals surface area contributed by atoms with Gasteiger partial charge < -0.3 is 20.3 Å². The van der Waals surface area contributed by atoms with Crippen LogP contribution in [0.1, 0.15) is 6.23 Å². The molecule has 0 aliphatic carbocycles. The number of alkyl halides is 1. The van der Waals surface area contributed by atoms with Gasteiger partial charge in [0.2, 0.25) is 0 Å². The lowest BCUT2D eigenvalue weighted by molar-refractivity contribution is -0.0459. The normalized spacial score (nSPS) is 30.0. The van der Waals surface area contributed by atoms with Crippen molar-refractivity contribution >= 4 is 17.0 Å². The number of nitrogens with zero attached hydrogens (tertiary/aromatic N) is 4. The molecule has 0 aromatic carbocycles. The third-order valence-corrected chi connectivity index (χ3v) is 3.34. The zero-order valence-corrected chi connectivity index (χ0v) is 10.6. The highest BCUT2D eigenvalue weighted by Gasteiger charge is 2.45. The van der Waals surface area contributed by atoms with E-state index in [4.69, 9.17) is 9.84 Å². The molecule has 3 N–H and O–H groups in total. The van der Waals surface area contributed by atoms with Gasteiger partial charge in [0, 0.05) is 7.05 Å². The zero-order valence-electron chi connectivity index (χ0n) is 10.6. The van der Waals surface area contributed by atoms with Gasteiger partial charge in [0.1, 0.15) is 24.1 Å². The second kappa shape index (κ2) is 4.93. The molecule has 3 heterocycles. The number of aromatic nitrogens is 4. The maximum atomic E-state index is 14.1. The largest absolute Gasteiger partial charge is 0.394 e. The molecule has 1 fully saturated rings. The van der Waals surface area contributed by atoms with Gasteiger partial charge in [0.25, 0.3) is 0 Å². The number of nitrogens with one attached hydrogen (secondary N) is 1. The number of fused-ring (bicyclic) bond motifs is 1. The minimum absolute atomic E-state index is 0.391. The molecule has 0 spiro atoms. The Morgan fingerprint density at radius 3 is 2.90 bits per heavy atom. The molecule has 0 bridgehead atoms. The van der Waals surface area contributed by atoms with Crippen LogP contribution in [0.4, 0.5) is 10.2 Å². The number of aliphatic hydroxyl groups is 2. The second-order valence-electron chi connectivity index (χ2n) is 4.48. The Balaban J connectivity index is 2.03. The topological polar surface area (TPSA) is 105 Å². The first-order valence-electron chi connectivity index (χ1n) is 6.11. The van der Waals surface area contributed by atoms with E-state index in [0.717, 1.165) is 0 Å². The molecule has 0 unspecified atom stereocenters. The highest BCUT2D eigenvalue weighted by molar-refractivity contribution is 5.82. The number of hydrogen-bond donors (Lipinski definition) is 3. The molecule has 108 valence electrons. The summed E-state index contributed by atoms with van der Waals surface area (Å²) in [5, 5.41) is 21.6. The summed E-state index contributed by atoms with van der Waals surface area (Å²) in [5.74, 6) is 0.515. The number of ether oxygens (including phenoxy) is 1. The fraction of sp³-hybridized carbons (Fsp3) is 0.545. The van der Waals surface area contributed by atoms with Gasteiger partial charge in [-0.3, -0.25) is 4.57 Å². The molecule has 1 aliphatic heterocycles. The molecule has 2 aromatic rings. The standard InChI is InChI=1S/C11H14FN5O3/c1-13-9-7-10(15-3-14-9)17(4-16-7)11-6(12)8(19)5(2-18)20-11/h3-6,8,11,18-19H,2H2,1H3,(H,13,14,15)/t5-,6-,8-,11-/m1/s1. The summed E-state index contributed by atoms with van der Waals surface area (Å²) in [6.07, 6.45) is -2.38. The highest BCUT2D eigenvalue weighted by atomic mass is 19.1. The van der Waals surface area contributed by atoms with E-state index in [-0.39, 0.29) is 0 Å². The van der Waals surface area contributed by atoms with E-state index in [2.05, 4.69) is 20.3 Å². The summed E-state index contributed by atoms with van der Waals surface area (Å²) in [4.78, 5) is 12.2. The maximum absolute atomic E-state index is 14.1. The number of hydrogen-bond acceptors (Lipinski definition) is 7. The lowest BCUT2D eigenvalue weighted by Crippen LogP contribution is -2.30. The molecule has 9 heteroatoms. The molecular formula is C11H14FN5O3. The Kier molecular flexibility index (Phi) is 3.24. The van der Waals surface area contributed by atoms with Crippen LogP contribution in [0.2, 0.25) is 0 Å². The summed E-state index contributed by atoms with van der Waals surface area (Å²) in [6.45, 7) is -0.457. The van der Waals surface area contributed by atoms with Crippen molar-refractivity contribution in [3.8, 4) is 0 Å². The molecule has 3 rings (SSSR count). The minimum atomic E-state index is -1.67. The second-order valence-corrected chi connectivity index (χ2v) is 4.48. The Morgan fingerprint density at radius 2 is 2.25 bits per heavy atom. The van der Waals surface area contributed by atoms with Crippen LogP contribution in [0.5, 0.6) is 0 Å². The Labute approximate surface area is 113 Å². The van der Waals surface area contributed by atoms with E-state index in [9.17, 15) is 9.50 Å². The van der Waals surface area contributed by atoms with Gasteiger partial charge in [-0.25, -0.2) is 19.3 Å². The summed E-state index contributed by atoms with van der Waals surface area (Å²) in [5.41, 5.74) is 0.871. The van der Waals surface area contributed by atoms with E-state index in [1.165, 1.54) is 17.2 Å². The van der Waals surface area contributed by atoms with Crippen LogP contribution in [0.3, 0.4) is 0 Å². The average Bonchev–Trinajstić information content (AvgIpc) is 3.01. The average molecular weight is 283 g/mol. The van der Waals surface area contributed by atoms with Gasteiger partial charge in [-0.15, -0.1) is 0 Å². The van der Waals surface area contributed by atoms with Crippen molar-refractivity contribution in [1.29, 1.82) is 0 Å². The van der Waals surface area contributed by atoms with Crippen molar-refractivity contribution in [3.63, 3.8) is 0 Å². The molecule has 1 aliphatic rings. The Morgan fingerprint density at radius 1 is 1.45 bits per heavy atom. The first kappa shape index (κ1) is 13.2. The molecule has 4 atom stereocenters. The summed E-state index contributed by atoms with van der Waals surface area (Å²) < 4.78 is 20.8. The lowest BCUT2D eigenvalue weighted by Gasteiger charge is -2.14. The predicted molar refractivity (Wildman–Crippen MR) is 66.8 cm³/mol. The van der Waals surface area contributed by atoms with E-state index < -0.39 is 31.2 Å². The van der Waals surface area contributed by atoms with Crippen molar-refractivity contribution in [1.82, 2.24) is 19.5 Å². The molecule has 0 radical (unpaired) electrons. The molecule has 0 saturated carbocycles. The van der Waals surface area contributed by atoms with Crippen LogP contribution in [-0.4, -0.2) is 61.8 Å². The van der Waals surface area contributed by atoms with Crippen molar-refractivity contribution in [2.24, 2.45) is 0 Å². The molecule has 0 amide bonds. The predicted octanol–water partition coefficient (Wildman–Crippen LogP) is -0.543. The third-order valence-electron chi connectivity index (χ3n) is 3.34. The van der Waals surface area contributed by atoms with Crippen LogP contribution in [-0.2, 0) is 4.74 Å². The number of halogens is 1. The number of imidazole rings is 1. The number of aliphatic hydroxyl groups excluding tert-OH is 2. The van der Waals surface area contributed by atoms with Crippen LogP contribution in [0.15, 0.2) is 12.7 Å². The zero-order chi connectivity index (χ0) is 14.3. The SMILES string of the molecule is CNc1ncnc2c1ncn2[C@@H]1O[C@H](CO)[C@@H](O)[C@H]1F. The highest BCUT2D eigenvalue weighted by Crippen LogP contribution is 2.33. The first-order valence-corrected chi connectivity index (χ1v) is 6.11. The lowest BCUT2D eigenvalue weighted by atomic mass is 10.1. The summed E-state index contributed by atoms with van der Waals surface area (Å²) in [6, 6.07) is 0. The van der Waals surface area contributed by atoms with Gasteiger partial charge in [-0.05, 0) is 0 Å². The molecule has 20 heavy (non-hydrogen) atoms. The molecule has 8 nitrogen and oxygen atoms in total. The fourth-order valence-corrected chi connectivity index (χ4v) is 2.30. The van der Waals surface area contributed by atoms with Crippen LogP contribution < -0.4 is 5.32 Å². The Bertz CT molecular complexity index is 621. The van der Waals surface area contributed by atoms with Gasteiger partial charge in [-0.1, -0.05) is 0 Å². The van der Waals surface area contributed by atoms with Crippen LogP contribution in [0.25, 0.3) is 11.2 Å². The van der Waals surface area contributed by atoms with Crippen molar-refractivity contribution in [2.45, 2.75) is 24.6 Å². The monoisotopic (exact) mass is 283 g/mol. The van der Waals surface area contributed by atoms with E-state index in [1.54, 1.807) is 7.05 Å². The molecule has 2 aromatic heterocycles. The third kappa shape index (κ3) is 1.82. The quantitative estimate of drug-likeness (QED) is 0.694. The maximum Gasteiger partial charge on any atom is 0.173 e. The Hall–Kier alpha value is -1.84. The summed E-state index contributed by atoms with van der Waals surface area (Å²) in [7, 11) is 1.69. The van der Waals surface area contributed by atoms with E-state index in [1.807, 2.05) is 0 Å². The van der Waals surface area contributed by atoms with Gasteiger partial charge in [-0.2, -0.15) is 0 Å². The van der Waals surface area contributed by atoms with Crippen molar-refractivity contribution in [2.75, 3.05) is 19.0 Å². The van der Waals surface area contributed by atoms with Crippen molar-refractivity contribution < 1.29 is 19.3 Å². The first-order chi connectivity index (χ1) is 9.67. The van der Waals surface area contributed by atoms with Gasteiger partial charge in [0.15, 0.2) is 23.9 Å². The van der Waals surface area contributed by atoms with E-state index >= 15 is 0 Å². The molecular weight excluding hydrogens is 269 g/mol. The van der Waals surface area contributed by atoms with Crippen LogP contribution in [0, 0.1) is 0 Å². The minimum Gasteiger partial charge on any atom is -0.394 e. The number of anilines is 1. The van der Waals surface area contributed by atoms with Crippen LogP contribution >= 0.6 is 0 Å². The fourth-order valence-electron chi connectivity index (χ4n) is 2.30. The summed E-state index contributed by atoms with van der Waals surface area (Å²) >= 11 is 0. The van der Waals surface area contributed by atoms with Gasteiger partial charge in [0.05, 0.1) is 12.9 Å². The number of rotatable bonds is 3. The van der Waals surface area contributed by atoms with E-state index in [0.29, 0.717) is 17.0 Å². The van der Waals surface area contributed by atoms with Gasteiger partial charge >= 0.3 is 0 Å². The molecule has 1 saturated heterocycles. The smallest absolute Gasteiger partial charge is 0.173 e.